The summed E-state index contributed by atoms with van der Waals surface area (Å²) in [5, 5.41) is 0. The van der Waals surface area contributed by atoms with E-state index in [-0.39, 0.29) is 11.8 Å². The SMILES string of the molecule is O=C1c2ccccc2C(=O)N1CCc1cnc(-c2cccc(I)c2)[nH]1. The maximum Gasteiger partial charge on any atom is 0.261 e. The molecule has 0 bridgehead atoms. The van der Waals surface area contributed by atoms with E-state index < -0.39 is 0 Å². The second-order valence-corrected chi connectivity index (χ2v) is 7.07. The molecule has 0 saturated carbocycles. The molecule has 0 saturated heterocycles. The van der Waals surface area contributed by atoms with Gasteiger partial charge in [0.25, 0.3) is 11.8 Å². The number of amides is 2. The first-order valence-electron chi connectivity index (χ1n) is 7.88. The summed E-state index contributed by atoms with van der Waals surface area (Å²) in [7, 11) is 0. The molecule has 4 rings (SSSR count). The number of hydrogen-bond donors (Lipinski definition) is 1. The van der Waals surface area contributed by atoms with E-state index in [1.165, 1.54) is 4.90 Å². The quantitative estimate of drug-likeness (QED) is 0.496. The molecule has 0 aliphatic carbocycles. The molecule has 0 atom stereocenters. The number of imide groups is 1. The van der Waals surface area contributed by atoms with Crippen LogP contribution in [-0.2, 0) is 6.42 Å². The third kappa shape index (κ3) is 2.97. The smallest absolute Gasteiger partial charge is 0.261 e. The van der Waals surface area contributed by atoms with Crippen molar-refractivity contribution in [3.63, 3.8) is 0 Å². The van der Waals surface area contributed by atoms with Crippen molar-refractivity contribution < 1.29 is 9.59 Å². The predicted molar refractivity (Wildman–Crippen MR) is 102 cm³/mol. The van der Waals surface area contributed by atoms with Crippen LogP contribution < -0.4 is 0 Å². The molecule has 6 heteroatoms. The predicted octanol–water partition coefficient (Wildman–Crippen LogP) is 3.52. The van der Waals surface area contributed by atoms with Gasteiger partial charge in [-0.25, -0.2) is 4.98 Å². The van der Waals surface area contributed by atoms with Crippen LogP contribution in [0, 0.1) is 3.57 Å². The molecule has 2 heterocycles. The highest BCUT2D eigenvalue weighted by molar-refractivity contribution is 14.1. The van der Waals surface area contributed by atoms with Crippen LogP contribution in [0.1, 0.15) is 26.4 Å². The number of imidazole rings is 1. The summed E-state index contributed by atoms with van der Waals surface area (Å²) in [5.41, 5.74) is 2.87. The van der Waals surface area contributed by atoms with Crippen LogP contribution in [0.3, 0.4) is 0 Å². The van der Waals surface area contributed by atoms with E-state index in [1.807, 2.05) is 24.3 Å². The molecular weight excluding hydrogens is 429 g/mol. The Hall–Kier alpha value is -2.48. The number of aromatic amines is 1. The molecule has 0 radical (unpaired) electrons. The Kier molecular flexibility index (Phi) is 4.12. The van der Waals surface area contributed by atoms with E-state index in [9.17, 15) is 9.59 Å². The third-order valence-corrected chi connectivity index (χ3v) is 4.88. The van der Waals surface area contributed by atoms with Gasteiger partial charge in [-0.1, -0.05) is 24.3 Å². The number of H-pyrrole nitrogens is 1. The lowest BCUT2D eigenvalue weighted by Crippen LogP contribution is -2.31. The average Bonchev–Trinajstić information content (AvgIpc) is 3.18. The number of fused-ring (bicyclic) bond motifs is 1. The van der Waals surface area contributed by atoms with Crippen molar-refractivity contribution in [2.24, 2.45) is 0 Å². The van der Waals surface area contributed by atoms with Crippen LogP contribution in [0.5, 0.6) is 0 Å². The number of benzene rings is 2. The number of rotatable bonds is 4. The minimum Gasteiger partial charge on any atom is -0.342 e. The Morgan fingerprint density at radius 3 is 2.40 bits per heavy atom. The van der Waals surface area contributed by atoms with Crippen molar-refractivity contribution in [2.45, 2.75) is 6.42 Å². The zero-order valence-corrected chi connectivity index (χ0v) is 15.4. The highest BCUT2D eigenvalue weighted by Gasteiger charge is 2.34. The van der Waals surface area contributed by atoms with Gasteiger partial charge in [0.05, 0.1) is 11.1 Å². The highest BCUT2D eigenvalue weighted by atomic mass is 127. The molecule has 1 aromatic heterocycles. The molecular formula is C19H14IN3O2. The van der Waals surface area contributed by atoms with Crippen molar-refractivity contribution in [3.05, 3.63) is 75.1 Å². The molecule has 5 nitrogen and oxygen atoms in total. The molecule has 25 heavy (non-hydrogen) atoms. The number of hydrogen-bond acceptors (Lipinski definition) is 3. The van der Waals surface area contributed by atoms with Crippen molar-refractivity contribution in [3.8, 4) is 11.4 Å². The number of nitrogens with zero attached hydrogens (tertiary/aromatic N) is 2. The fourth-order valence-corrected chi connectivity index (χ4v) is 3.49. The minimum absolute atomic E-state index is 0.224. The van der Waals surface area contributed by atoms with Gasteiger partial charge in [0.1, 0.15) is 5.82 Å². The van der Waals surface area contributed by atoms with E-state index in [4.69, 9.17) is 0 Å². The summed E-state index contributed by atoms with van der Waals surface area (Å²) < 4.78 is 1.14. The molecule has 0 unspecified atom stereocenters. The first-order chi connectivity index (χ1) is 12.1. The highest BCUT2D eigenvalue weighted by Crippen LogP contribution is 2.23. The lowest BCUT2D eigenvalue weighted by atomic mass is 10.1. The Labute approximate surface area is 158 Å². The standard InChI is InChI=1S/C19H14IN3O2/c20-13-5-3-4-12(10-13)17-21-11-14(22-17)8-9-23-18(24)15-6-1-2-7-16(15)19(23)25/h1-7,10-11H,8-9H2,(H,21,22). The van der Waals surface area contributed by atoms with Crippen molar-refractivity contribution in [2.75, 3.05) is 6.54 Å². The van der Waals surface area contributed by atoms with E-state index >= 15 is 0 Å². The number of carbonyl (C=O) groups is 2. The van der Waals surface area contributed by atoms with Gasteiger partial charge in [0.2, 0.25) is 0 Å². The van der Waals surface area contributed by atoms with Gasteiger partial charge in [-0.2, -0.15) is 0 Å². The minimum atomic E-state index is -0.224. The number of halogens is 1. The van der Waals surface area contributed by atoms with Gasteiger partial charge >= 0.3 is 0 Å². The van der Waals surface area contributed by atoms with E-state index in [2.05, 4.69) is 32.6 Å². The van der Waals surface area contributed by atoms with Gasteiger partial charge in [0.15, 0.2) is 0 Å². The monoisotopic (exact) mass is 443 g/mol. The third-order valence-electron chi connectivity index (χ3n) is 4.21. The maximum atomic E-state index is 12.4. The van der Waals surface area contributed by atoms with Crippen molar-refractivity contribution >= 4 is 34.4 Å². The van der Waals surface area contributed by atoms with Crippen molar-refractivity contribution in [1.82, 2.24) is 14.9 Å². The average molecular weight is 443 g/mol. The maximum absolute atomic E-state index is 12.4. The summed E-state index contributed by atoms with van der Waals surface area (Å²) in [6, 6.07) is 15.0. The summed E-state index contributed by atoms with van der Waals surface area (Å²) in [6.45, 7) is 0.334. The molecule has 1 aliphatic rings. The molecule has 2 amide bonds. The zero-order chi connectivity index (χ0) is 17.4. The summed E-state index contributed by atoms with van der Waals surface area (Å²) in [6.07, 6.45) is 2.30. The van der Waals surface area contributed by atoms with Crippen LogP contribution >= 0.6 is 22.6 Å². The van der Waals surface area contributed by atoms with Gasteiger partial charge < -0.3 is 4.98 Å². The zero-order valence-electron chi connectivity index (χ0n) is 13.2. The number of carbonyl (C=O) groups excluding carboxylic acids is 2. The molecule has 0 spiro atoms. The fraction of sp³-hybridized carbons (Fsp3) is 0.105. The lowest BCUT2D eigenvalue weighted by Gasteiger charge is -2.12. The Bertz CT molecular complexity index is 945. The summed E-state index contributed by atoms with van der Waals surface area (Å²) in [4.78, 5) is 33.7. The normalized spacial score (nSPS) is 13.4. The van der Waals surface area contributed by atoms with E-state index in [0.717, 1.165) is 20.7 Å². The first kappa shape index (κ1) is 16.0. The second kappa shape index (κ2) is 6.44. The Balaban J connectivity index is 1.48. The van der Waals surface area contributed by atoms with Crippen molar-refractivity contribution in [1.29, 1.82) is 0 Å². The van der Waals surface area contributed by atoms with Gasteiger partial charge in [-0.3, -0.25) is 14.5 Å². The van der Waals surface area contributed by atoms with Crippen LogP contribution in [0.15, 0.2) is 54.7 Å². The van der Waals surface area contributed by atoms with Crippen LogP contribution in [0.25, 0.3) is 11.4 Å². The van der Waals surface area contributed by atoms with Crippen LogP contribution in [0.4, 0.5) is 0 Å². The lowest BCUT2D eigenvalue weighted by molar-refractivity contribution is 0.0656. The molecule has 2 aromatic carbocycles. The Morgan fingerprint density at radius 2 is 1.72 bits per heavy atom. The van der Waals surface area contributed by atoms with E-state index in [1.54, 1.807) is 30.5 Å². The molecule has 124 valence electrons. The topological polar surface area (TPSA) is 66.1 Å². The van der Waals surface area contributed by atoms with Crippen LogP contribution in [0.2, 0.25) is 0 Å². The van der Waals surface area contributed by atoms with Gasteiger partial charge in [-0.05, 0) is 46.9 Å². The van der Waals surface area contributed by atoms with Gasteiger partial charge in [0, 0.05) is 34.0 Å². The second-order valence-electron chi connectivity index (χ2n) is 5.82. The number of aromatic nitrogens is 2. The summed E-state index contributed by atoms with van der Waals surface area (Å²) >= 11 is 2.26. The largest absolute Gasteiger partial charge is 0.342 e. The van der Waals surface area contributed by atoms with Gasteiger partial charge in [-0.15, -0.1) is 0 Å². The molecule has 3 aromatic rings. The van der Waals surface area contributed by atoms with Crippen LogP contribution in [-0.4, -0.2) is 33.2 Å². The molecule has 1 aliphatic heterocycles. The molecule has 0 fully saturated rings. The molecule has 1 N–H and O–H groups in total. The van der Waals surface area contributed by atoms with E-state index in [0.29, 0.717) is 24.1 Å². The fourth-order valence-electron chi connectivity index (χ4n) is 2.94. The first-order valence-corrected chi connectivity index (χ1v) is 8.96. The summed E-state index contributed by atoms with van der Waals surface area (Å²) in [5.74, 6) is 0.340. The number of nitrogens with one attached hydrogen (secondary N) is 1. The Morgan fingerprint density at radius 1 is 1.00 bits per heavy atom.